The van der Waals surface area contributed by atoms with Crippen LogP contribution in [-0.4, -0.2) is 0 Å². The van der Waals surface area contributed by atoms with E-state index in [1.54, 1.807) is 0 Å². The highest BCUT2D eigenvalue weighted by Gasteiger charge is 2.21. The summed E-state index contributed by atoms with van der Waals surface area (Å²) in [6, 6.07) is 58.4. The number of fused-ring (bicyclic) bond motifs is 3. The molecule has 45 heavy (non-hydrogen) atoms. The van der Waals surface area contributed by atoms with Gasteiger partial charge in [-0.3, -0.25) is 0 Å². The van der Waals surface area contributed by atoms with Crippen molar-refractivity contribution in [3.63, 3.8) is 0 Å². The third kappa shape index (κ3) is 3.65. The number of hydrogen-bond donors (Lipinski definition) is 0. The summed E-state index contributed by atoms with van der Waals surface area (Å²) in [5.74, 6) is 0. The molecule has 0 aliphatic heterocycles. The molecule has 0 aliphatic carbocycles. The second-order valence-electron chi connectivity index (χ2n) is 12.0. The van der Waals surface area contributed by atoms with Crippen LogP contribution in [0, 0.1) is 0 Å². The van der Waals surface area contributed by atoms with Gasteiger partial charge in [-0.2, -0.15) is 0 Å². The molecule has 0 radical (unpaired) electrons. The van der Waals surface area contributed by atoms with Crippen molar-refractivity contribution in [2.75, 3.05) is 0 Å². The van der Waals surface area contributed by atoms with E-state index in [1.807, 2.05) is 11.3 Å². The van der Waals surface area contributed by atoms with Gasteiger partial charge in [0.05, 0.1) is 0 Å². The van der Waals surface area contributed by atoms with Gasteiger partial charge in [0.15, 0.2) is 0 Å². The van der Waals surface area contributed by atoms with Gasteiger partial charge in [-0.15, -0.1) is 11.3 Å². The zero-order chi connectivity index (χ0) is 29.5. The van der Waals surface area contributed by atoms with Gasteiger partial charge >= 0.3 is 0 Å². The van der Waals surface area contributed by atoms with Crippen LogP contribution in [0.1, 0.15) is 0 Å². The van der Waals surface area contributed by atoms with Crippen LogP contribution in [0.4, 0.5) is 0 Å². The van der Waals surface area contributed by atoms with Gasteiger partial charge in [0, 0.05) is 20.2 Å². The topological polar surface area (TPSA) is 0 Å². The molecular formula is C44H26S. The van der Waals surface area contributed by atoms with Crippen LogP contribution in [0.3, 0.4) is 0 Å². The molecule has 0 atom stereocenters. The highest BCUT2D eigenvalue weighted by atomic mass is 32.1. The van der Waals surface area contributed by atoms with Crippen molar-refractivity contribution < 1.29 is 0 Å². The maximum Gasteiger partial charge on any atom is 0.0361 e. The lowest BCUT2D eigenvalue weighted by Crippen LogP contribution is -1.92. The molecule has 0 bridgehead atoms. The molecule has 0 aliphatic rings. The van der Waals surface area contributed by atoms with E-state index in [4.69, 9.17) is 0 Å². The lowest BCUT2D eigenvalue weighted by molar-refractivity contribution is 1.63. The third-order valence-electron chi connectivity index (χ3n) is 9.60. The summed E-state index contributed by atoms with van der Waals surface area (Å²) < 4.78 is 2.72. The van der Waals surface area contributed by atoms with Crippen LogP contribution in [0.15, 0.2) is 158 Å². The van der Waals surface area contributed by atoms with Crippen LogP contribution in [0.25, 0.3) is 96.6 Å². The van der Waals surface area contributed by atoms with E-state index in [9.17, 15) is 0 Å². The fourth-order valence-corrected chi connectivity index (χ4v) is 8.77. The first-order chi connectivity index (χ1) is 22.3. The van der Waals surface area contributed by atoms with Crippen LogP contribution in [-0.2, 0) is 0 Å². The van der Waals surface area contributed by atoms with Crippen LogP contribution >= 0.6 is 11.3 Å². The summed E-state index contributed by atoms with van der Waals surface area (Å²) in [5.41, 5.74) is 7.64. The molecule has 0 N–H and O–H groups in total. The molecule has 9 aromatic carbocycles. The number of hydrogen-bond acceptors (Lipinski definition) is 1. The smallest absolute Gasteiger partial charge is 0.0361 e. The van der Waals surface area contributed by atoms with Gasteiger partial charge in [-0.1, -0.05) is 133 Å². The Kier molecular flexibility index (Phi) is 5.25. The minimum absolute atomic E-state index is 1.23. The molecule has 0 spiro atoms. The van der Waals surface area contributed by atoms with Crippen molar-refractivity contribution in [3.8, 4) is 33.4 Å². The Morgan fingerprint density at radius 3 is 1.58 bits per heavy atom. The van der Waals surface area contributed by atoms with Crippen molar-refractivity contribution in [1.29, 1.82) is 0 Å². The molecule has 0 fully saturated rings. The van der Waals surface area contributed by atoms with Crippen LogP contribution in [0.2, 0.25) is 0 Å². The van der Waals surface area contributed by atoms with Crippen molar-refractivity contribution in [2.45, 2.75) is 0 Å². The van der Waals surface area contributed by atoms with E-state index < -0.39 is 0 Å². The number of rotatable bonds is 3. The van der Waals surface area contributed by atoms with Gasteiger partial charge in [-0.25, -0.2) is 0 Å². The minimum atomic E-state index is 1.23. The molecule has 208 valence electrons. The summed E-state index contributed by atoms with van der Waals surface area (Å²) >= 11 is 1.90. The maximum atomic E-state index is 2.43. The molecule has 1 aromatic heterocycles. The molecule has 10 rings (SSSR count). The summed E-state index contributed by atoms with van der Waals surface area (Å²) in [4.78, 5) is 0. The van der Waals surface area contributed by atoms with E-state index in [2.05, 4.69) is 158 Å². The summed E-state index contributed by atoms with van der Waals surface area (Å²) in [7, 11) is 0. The predicted molar refractivity (Wildman–Crippen MR) is 197 cm³/mol. The van der Waals surface area contributed by atoms with Crippen LogP contribution < -0.4 is 0 Å². The van der Waals surface area contributed by atoms with E-state index in [1.165, 1.54) is 96.6 Å². The van der Waals surface area contributed by atoms with Crippen molar-refractivity contribution in [2.24, 2.45) is 0 Å². The van der Waals surface area contributed by atoms with Gasteiger partial charge < -0.3 is 0 Å². The van der Waals surface area contributed by atoms with E-state index >= 15 is 0 Å². The minimum Gasteiger partial charge on any atom is -0.135 e. The zero-order valence-electron chi connectivity index (χ0n) is 24.4. The van der Waals surface area contributed by atoms with Gasteiger partial charge in [0.1, 0.15) is 0 Å². The molecule has 0 saturated heterocycles. The van der Waals surface area contributed by atoms with Gasteiger partial charge in [0.2, 0.25) is 0 Å². The van der Waals surface area contributed by atoms with Crippen molar-refractivity contribution in [3.05, 3.63) is 158 Å². The Balaban J connectivity index is 1.23. The third-order valence-corrected chi connectivity index (χ3v) is 10.7. The highest BCUT2D eigenvalue weighted by Crippen LogP contribution is 2.49. The molecule has 0 saturated carbocycles. The first-order valence-corrected chi connectivity index (χ1v) is 16.3. The Morgan fingerprint density at radius 1 is 0.311 bits per heavy atom. The van der Waals surface area contributed by atoms with E-state index in [0.717, 1.165) is 0 Å². The van der Waals surface area contributed by atoms with Gasteiger partial charge in [0.25, 0.3) is 0 Å². The highest BCUT2D eigenvalue weighted by molar-refractivity contribution is 7.26. The normalized spacial score (nSPS) is 12.0. The van der Waals surface area contributed by atoms with Crippen molar-refractivity contribution in [1.82, 2.24) is 0 Å². The predicted octanol–water partition coefficient (Wildman–Crippen LogP) is 13.1. The fraction of sp³-hybridized carbons (Fsp3) is 0. The molecule has 0 amide bonds. The van der Waals surface area contributed by atoms with Crippen LogP contribution in [0.5, 0.6) is 0 Å². The summed E-state index contributed by atoms with van der Waals surface area (Å²) in [6.45, 7) is 0. The van der Waals surface area contributed by atoms with Gasteiger partial charge in [-0.05, 0) is 101 Å². The first kappa shape index (κ1) is 24.9. The molecule has 10 aromatic rings. The monoisotopic (exact) mass is 586 g/mol. The lowest BCUT2D eigenvalue weighted by atomic mass is 9.83. The standard InChI is InChI=1S/C44H26S/c1-2-10-30-25-31(24-21-27(30)9-1)28-19-22-29(23-20-28)41-33-12-3-5-14-35(33)43(36-15-6-4-13-34(36)41)38-26-32-11-7-17-39-42(32)44-37(38)16-8-18-40(44)45-39/h1-26H. The average molecular weight is 587 g/mol. The zero-order valence-corrected chi connectivity index (χ0v) is 25.2. The molecular weight excluding hydrogens is 561 g/mol. The lowest BCUT2D eigenvalue weighted by Gasteiger charge is -2.19. The second kappa shape index (κ2) is 9.50. The molecule has 0 nitrogen and oxygen atoms in total. The quantitative estimate of drug-likeness (QED) is 0.143. The first-order valence-electron chi connectivity index (χ1n) is 15.5. The Bertz CT molecular complexity index is 2690. The Hall–Kier alpha value is -5.50. The Labute approximate surface area is 264 Å². The summed E-state index contributed by atoms with van der Waals surface area (Å²) in [6.07, 6.45) is 0. The van der Waals surface area contributed by atoms with E-state index in [0.29, 0.717) is 0 Å². The second-order valence-corrected chi connectivity index (χ2v) is 13.1. The number of benzene rings is 9. The maximum absolute atomic E-state index is 2.43. The largest absolute Gasteiger partial charge is 0.135 e. The number of thiophene rings is 1. The fourth-order valence-electron chi connectivity index (χ4n) is 7.61. The van der Waals surface area contributed by atoms with E-state index in [-0.39, 0.29) is 0 Å². The summed E-state index contributed by atoms with van der Waals surface area (Å²) in [5, 5.41) is 13.1. The molecule has 1 heterocycles. The Morgan fingerprint density at radius 2 is 0.844 bits per heavy atom. The average Bonchev–Trinajstić information content (AvgIpc) is 3.50. The van der Waals surface area contributed by atoms with Crippen molar-refractivity contribution >= 4 is 74.6 Å². The SMILES string of the molecule is c1ccc2cc(-c3ccc(-c4c5ccccc5c(-c5cc6cccc7sc8cccc5c8c67)c5ccccc45)cc3)ccc2c1. The molecule has 0 unspecified atom stereocenters. The molecule has 1 heteroatoms.